The zero-order valence-corrected chi connectivity index (χ0v) is 18.5. The molecule has 1 aromatic carbocycles. The first-order valence-corrected chi connectivity index (χ1v) is 12.2. The number of aliphatic hydroxyl groups is 1. The van der Waals surface area contributed by atoms with E-state index in [-0.39, 0.29) is 17.3 Å². The van der Waals surface area contributed by atoms with E-state index in [4.69, 9.17) is 0 Å². The molecule has 0 bridgehead atoms. The lowest BCUT2D eigenvalue weighted by molar-refractivity contribution is -0.115. The minimum absolute atomic E-state index is 0.128. The van der Waals surface area contributed by atoms with E-state index in [1.807, 2.05) is 29.0 Å². The molecule has 6 nitrogen and oxygen atoms in total. The summed E-state index contributed by atoms with van der Waals surface area (Å²) in [5, 5.41) is 16.9. The van der Waals surface area contributed by atoms with Crippen molar-refractivity contribution in [3.05, 3.63) is 68.0 Å². The van der Waals surface area contributed by atoms with Crippen LogP contribution < -0.4 is 10.0 Å². The lowest BCUT2D eigenvalue weighted by Crippen LogP contribution is -2.23. The van der Waals surface area contributed by atoms with Crippen molar-refractivity contribution in [3.63, 3.8) is 0 Å². The second kappa shape index (κ2) is 9.19. The second-order valence-electron chi connectivity index (χ2n) is 6.47. The van der Waals surface area contributed by atoms with Crippen LogP contribution in [0.5, 0.6) is 0 Å². The number of thiophene rings is 2. The molecule has 0 fully saturated rings. The maximum atomic E-state index is 12.7. The number of carbonyl (C=O) groups is 1. The maximum Gasteiger partial charge on any atom is 0.241 e. The molecule has 154 valence electrons. The Morgan fingerprint density at radius 2 is 2.00 bits per heavy atom. The largest absolute Gasteiger partial charge is 0.383 e. The topological polar surface area (TPSA) is 95.5 Å². The van der Waals surface area contributed by atoms with Gasteiger partial charge in [-0.15, -0.1) is 11.3 Å². The van der Waals surface area contributed by atoms with E-state index < -0.39 is 16.1 Å². The van der Waals surface area contributed by atoms with Crippen LogP contribution in [0.25, 0.3) is 0 Å². The molecule has 0 saturated heterocycles. The summed E-state index contributed by atoms with van der Waals surface area (Å²) in [6.07, 6.45) is -0.352. The van der Waals surface area contributed by atoms with Crippen molar-refractivity contribution >= 4 is 44.3 Å². The highest BCUT2D eigenvalue weighted by atomic mass is 32.2. The summed E-state index contributed by atoms with van der Waals surface area (Å²) >= 11 is 2.89. The third-order valence-corrected chi connectivity index (χ3v) is 7.72. The molecule has 0 aliphatic carbocycles. The maximum absolute atomic E-state index is 12.7. The molecular weight excluding hydrogens is 428 g/mol. The minimum atomic E-state index is -3.71. The molecule has 3 aromatic rings. The highest BCUT2D eigenvalue weighted by Gasteiger charge is 2.19. The molecule has 0 radical (unpaired) electrons. The van der Waals surface area contributed by atoms with Crippen molar-refractivity contribution in [1.82, 2.24) is 4.72 Å². The Labute approximate surface area is 178 Å². The van der Waals surface area contributed by atoms with Crippen molar-refractivity contribution in [2.45, 2.75) is 37.8 Å². The van der Waals surface area contributed by atoms with Crippen molar-refractivity contribution in [2.24, 2.45) is 0 Å². The fourth-order valence-corrected chi connectivity index (χ4v) is 5.72. The predicted octanol–water partition coefficient (Wildman–Crippen LogP) is 4.03. The summed E-state index contributed by atoms with van der Waals surface area (Å²) in [6.45, 7) is 3.58. The molecule has 29 heavy (non-hydrogen) atoms. The number of carbonyl (C=O) groups excluding carboxylic acids is 1. The van der Waals surface area contributed by atoms with Gasteiger partial charge in [0.05, 0.1) is 4.90 Å². The number of sulfonamides is 1. The van der Waals surface area contributed by atoms with E-state index in [1.54, 1.807) is 26.0 Å². The molecule has 3 N–H and O–H groups in total. The molecule has 0 saturated carbocycles. The SMILES string of the molecule is CCC(=O)Nc1ccc(S(=O)(=O)NCc2ccc(C(O)c3ccsc3)s2)c(C)c1. The summed E-state index contributed by atoms with van der Waals surface area (Å²) in [4.78, 5) is 13.2. The van der Waals surface area contributed by atoms with Crippen molar-refractivity contribution in [2.75, 3.05) is 5.32 Å². The molecule has 0 spiro atoms. The van der Waals surface area contributed by atoms with Gasteiger partial charge in [0, 0.05) is 28.4 Å². The normalized spacial score (nSPS) is 12.7. The van der Waals surface area contributed by atoms with E-state index in [9.17, 15) is 18.3 Å². The molecule has 1 atom stereocenters. The van der Waals surface area contributed by atoms with Gasteiger partial charge >= 0.3 is 0 Å². The Bertz CT molecular complexity index is 1090. The zero-order chi connectivity index (χ0) is 21.0. The molecule has 1 unspecified atom stereocenters. The van der Waals surface area contributed by atoms with Crippen molar-refractivity contribution in [1.29, 1.82) is 0 Å². The Balaban J connectivity index is 1.68. The van der Waals surface area contributed by atoms with Crippen LogP contribution in [-0.4, -0.2) is 19.4 Å². The highest BCUT2D eigenvalue weighted by Crippen LogP contribution is 2.30. The summed E-state index contributed by atoms with van der Waals surface area (Å²) in [7, 11) is -3.71. The van der Waals surface area contributed by atoms with Crippen LogP contribution in [0, 0.1) is 6.92 Å². The van der Waals surface area contributed by atoms with Crippen LogP contribution in [0.2, 0.25) is 0 Å². The third-order valence-electron chi connectivity index (χ3n) is 4.32. The Morgan fingerprint density at radius 1 is 1.21 bits per heavy atom. The van der Waals surface area contributed by atoms with Crippen molar-refractivity contribution < 1.29 is 18.3 Å². The average molecular weight is 451 g/mol. The highest BCUT2D eigenvalue weighted by molar-refractivity contribution is 7.89. The molecule has 1 amide bonds. The van der Waals surface area contributed by atoms with Gasteiger partial charge in [0.15, 0.2) is 0 Å². The van der Waals surface area contributed by atoms with Crippen LogP contribution in [0.1, 0.15) is 40.3 Å². The fraction of sp³-hybridized carbons (Fsp3) is 0.250. The molecule has 0 aliphatic heterocycles. The number of hydrogen-bond acceptors (Lipinski definition) is 6. The molecule has 9 heteroatoms. The fourth-order valence-electron chi connectivity index (χ4n) is 2.75. The molecule has 2 heterocycles. The quantitative estimate of drug-likeness (QED) is 0.483. The number of benzene rings is 1. The van der Waals surface area contributed by atoms with Gasteiger partial charge in [-0.05, 0) is 65.2 Å². The van der Waals surface area contributed by atoms with Crippen LogP contribution in [0.15, 0.2) is 52.1 Å². The number of rotatable bonds is 8. The van der Waals surface area contributed by atoms with Gasteiger partial charge in [-0.3, -0.25) is 4.79 Å². The van der Waals surface area contributed by atoms with E-state index >= 15 is 0 Å². The standard InChI is InChI=1S/C20H22N2O4S3/c1-3-19(23)22-15-4-7-18(13(2)10-15)29(25,26)21-11-16-5-6-17(28-16)20(24)14-8-9-27-12-14/h4-10,12,20-21,24H,3,11H2,1-2H3,(H,22,23). The van der Waals surface area contributed by atoms with Gasteiger partial charge < -0.3 is 10.4 Å². The number of amides is 1. The van der Waals surface area contributed by atoms with Crippen molar-refractivity contribution in [3.8, 4) is 0 Å². The minimum Gasteiger partial charge on any atom is -0.383 e. The van der Waals surface area contributed by atoms with Gasteiger partial charge in [0.2, 0.25) is 15.9 Å². The van der Waals surface area contributed by atoms with Gasteiger partial charge in [-0.25, -0.2) is 13.1 Å². The third kappa shape index (κ3) is 5.31. The molecular formula is C20H22N2O4S3. The van der Waals surface area contributed by atoms with Gasteiger partial charge in [-0.1, -0.05) is 6.92 Å². The van der Waals surface area contributed by atoms with E-state index in [2.05, 4.69) is 10.0 Å². The van der Waals surface area contributed by atoms with E-state index in [0.29, 0.717) is 17.7 Å². The molecule has 2 aromatic heterocycles. The first-order chi connectivity index (χ1) is 13.8. The van der Waals surface area contributed by atoms with E-state index in [0.717, 1.165) is 15.3 Å². The average Bonchev–Trinajstić information content (AvgIpc) is 3.38. The molecule has 3 rings (SSSR count). The Hall–Kier alpha value is -2.04. The number of anilines is 1. The smallest absolute Gasteiger partial charge is 0.241 e. The second-order valence-corrected chi connectivity index (χ2v) is 10.2. The first kappa shape index (κ1) is 21.7. The molecule has 0 aliphatic rings. The number of nitrogens with one attached hydrogen (secondary N) is 2. The first-order valence-electron chi connectivity index (χ1n) is 8.99. The monoisotopic (exact) mass is 450 g/mol. The van der Waals surface area contributed by atoms with Crippen LogP contribution in [-0.2, 0) is 21.4 Å². The summed E-state index contributed by atoms with van der Waals surface area (Å²) in [5.74, 6) is -0.128. The predicted molar refractivity (Wildman–Crippen MR) is 117 cm³/mol. The van der Waals surface area contributed by atoms with Crippen LogP contribution in [0.4, 0.5) is 5.69 Å². The van der Waals surface area contributed by atoms with E-state index in [1.165, 1.54) is 28.7 Å². The van der Waals surface area contributed by atoms with Gasteiger partial charge in [-0.2, -0.15) is 11.3 Å². The Morgan fingerprint density at radius 3 is 2.66 bits per heavy atom. The summed E-state index contributed by atoms with van der Waals surface area (Å²) < 4.78 is 28.0. The lowest BCUT2D eigenvalue weighted by atomic mass is 10.2. The summed E-state index contributed by atoms with van der Waals surface area (Å²) in [5.41, 5.74) is 1.94. The van der Waals surface area contributed by atoms with Crippen LogP contribution >= 0.6 is 22.7 Å². The number of aliphatic hydroxyl groups excluding tert-OH is 1. The van der Waals surface area contributed by atoms with Crippen LogP contribution in [0.3, 0.4) is 0 Å². The lowest BCUT2D eigenvalue weighted by Gasteiger charge is -2.11. The number of hydrogen-bond donors (Lipinski definition) is 3. The Kier molecular flexibility index (Phi) is 6.86. The van der Waals surface area contributed by atoms with Gasteiger partial charge in [0.1, 0.15) is 6.10 Å². The summed E-state index contributed by atoms with van der Waals surface area (Å²) in [6, 6.07) is 10.2. The van der Waals surface area contributed by atoms with Gasteiger partial charge in [0.25, 0.3) is 0 Å². The zero-order valence-electron chi connectivity index (χ0n) is 16.0. The number of aryl methyl sites for hydroxylation is 1.